The number of hydrogen-bond donors (Lipinski definition) is 0. The molecule has 0 radical (unpaired) electrons. The maximum absolute atomic E-state index is 11.8. The summed E-state index contributed by atoms with van der Waals surface area (Å²) in [5, 5.41) is 0. The van der Waals surface area contributed by atoms with Crippen LogP contribution in [0.25, 0.3) is 0 Å². The first-order chi connectivity index (χ1) is 6.99. The standard InChI is InChI=1S/C14H22O/c1-14(2,3)11-7-10-13(15)12-8-5-4-6-9-12/h12H,4-6,8-10H2,1-3H3. The summed E-state index contributed by atoms with van der Waals surface area (Å²) in [4.78, 5) is 11.8. The highest BCUT2D eigenvalue weighted by Crippen LogP contribution is 2.25. The van der Waals surface area contributed by atoms with Crippen LogP contribution in [0.5, 0.6) is 0 Å². The number of carbonyl (C=O) groups is 1. The summed E-state index contributed by atoms with van der Waals surface area (Å²) >= 11 is 0. The zero-order chi connectivity index (χ0) is 11.3. The van der Waals surface area contributed by atoms with Crippen LogP contribution in [0.3, 0.4) is 0 Å². The number of Topliss-reactive ketones (excluding diaryl/α,β-unsaturated/α-hetero) is 1. The highest BCUT2D eigenvalue weighted by atomic mass is 16.1. The van der Waals surface area contributed by atoms with Crippen LogP contribution in [0.15, 0.2) is 0 Å². The second-order valence-corrected chi connectivity index (χ2v) is 5.53. The Kier molecular flexibility index (Phi) is 4.39. The molecule has 84 valence electrons. The van der Waals surface area contributed by atoms with Crippen molar-refractivity contribution in [2.24, 2.45) is 11.3 Å². The number of rotatable bonds is 2. The van der Waals surface area contributed by atoms with Crippen LogP contribution in [0, 0.1) is 23.2 Å². The lowest BCUT2D eigenvalue weighted by atomic mass is 9.85. The number of carbonyl (C=O) groups excluding carboxylic acids is 1. The van der Waals surface area contributed by atoms with Gasteiger partial charge in [-0.3, -0.25) is 4.79 Å². The van der Waals surface area contributed by atoms with Gasteiger partial charge in [0.15, 0.2) is 0 Å². The highest BCUT2D eigenvalue weighted by Gasteiger charge is 2.19. The van der Waals surface area contributed by atoms with Gasteiger partial charge in [0, 0.05) is 11.3 Å². The van der Waals surface area contributed by atoms with Gasteiger partial charge in [-0.25, -0.2) is 0 Å². The van der Waals surface area contributed by atoms with Crippen molar-refractivity contribution in [2.45, 2.75) is 59.3 Å². The van der Waals surface area contributed by atoms with Crippen LogP contribution in [-0.2, 0) is 4.79 Å². The summed E-state index contributed by atoms with van der Waals surface area (Å²) in [6, 6.07) is 0. The Morgan fingerprint density at radius 3 is 2.33 bits per heavy atom. The van der Waals surface area contributed by atoms with Crippen molar-refractivity contribution >= 4 is 5.78 Å². The molecule has 15 heavy (non-hydrogen) atoms. The lowest BCUT2D eigenvalue weighted by Gasteiger charge is -2.19. The molecule has 0 spiro atoms. The van der Waals surface area contributed by atoms with Gasteiger partial charge in [0.2, 0.25) is 0 Å². The summed E-state index contributed by atoms with van der Waals surface area (Å²) in [7, 11) is 0. The van der Waals surface area contributed by atoms with Crippen molar-refractivity contribution < 1.29 is 4.79 Å². The Balaban J connectivity index is 2.37. The van der Waals surface area contributed by atoms with Crippen molar-refractivity contribution in [2.75, 3.05) is 0 Å². The Bertz CT molecular complexity index is 266. The minimum absolute atomic E-state index is 0.0207. The Morgan fingerprint density at radius 1 is 1.20 bits per heavy atom. The van der Waals surface area contributed by atoms with Crippen LogP contribution in [-0.4, -0.2) is 5.78 Å². The first-order valence-electron chi connectivity index (χ1n) is 6.02. The van der Waals surface area contributed by atoms with Crippen LogP contribution >= 0.6 is 0 Å². The van der Waals surface area contributed by atoms with Gasteiger partial charge in [0.05, 0.1) is 6.42 Å². The molecule has 0 atom stereocenters. The van der Waals surface area contributed by atoms with E-state index in [-0.39, 0.29) is 5.41 Å². The summed E-state index contributed by atoms with van der Waals surface area (Å²) < 4.78 is 0. The third-order valence-electron chi connectivity index (χ3n) is 2.79. The Hall–Kier alpha value is -0.770. The fourth-order valence-corrected chi connectivity index (χ4v) is 1.97. The molecule has 0 unspecified atom stereocenters. The molecule has 0 aliphatic heterocycles. The largest absolute Gasteiger partial charge is 0.298 e. The molecule has 0 aromatic heterocycles. The normalized spacial score (nSPS) is 18.1. The minimum Gasteiger partial charge on any atom is -0.298 e. The summed E-state index contributed by atoms with van der Waals surface area (Å²) in [5.41, 5.74) is 0.0207. The SMILES string of the molecule is CC(C)(C)C#CCC(=O)C1CCCCC1. The predicted octanol–water partition coefficient (Wildman–Crippen LogP) is 3.58. The van der Waals surface area contributed by atoms with Crippen molar-refractivity contribution in [3.05, 3.63) is 0 Å². The minimum atomic E-state index is 0.0207. The average Bonchev–Trinajstić information content (AvgIpc) is 2.17. The van der Waals surface area contributed by atoms with E-state index in [0.717, 1.165) is 12.8 Å². The molecule has 0 amide bonds. The lowest BCUT2D eigenvalue weighted by Crippen LogP contribution is -2.17. The van der Waals surface area contributed by atoms with Gasteiger partial charge in [0.1, 0.15) is 5.78 Å². The Morgan fingerprint density at radius 2 is 1.80 bits per heavy atom. The van der Waals surface area contributed by atoms with E-state index < -0.39 is 0 Å². The molecule has 1 nitrogen and oxygen atoms in total. The second-order valence-electron chi connectivity index (χ2n) is 5.53. The molecular formula is C14H22O. The van der Waals surface area contributed by atoms with E-state index >= 15 is 0 Å². The fraction of sp³-hybridized carbons (Fsp3) is 0.786. The zero-order valence-corrected chi connectivity index (χ0v) is 10.2. The van der Waals surface area contributed by atoms with Gasteiger partial charge >= 0.3 is 0 Å². The molecule has 0 N–H and O–H groups in total. The molecule has 0 aromatic rings. The Labute approximate surface area is 93.6 Å². The van der Waals surface area contributed by atoms with E-state index in [1.807, 2.05) is 0 Å². The first kappa shape index (κ1) is 12.3. The predicted molar refractivity (Wildman–Crippen MR) is 63.4 cm³/mol. The molecule has 0 bridgehead atoms. The van der Waals surface area contributed by atoms with Crippen molar-refractivity contribution in [1.82, 2.24) is 0 Å². The first-order valence-corrected chi connectivity index (χ1v) is 6.02. The monoisotopic (exact) mass is 206 g/mol. The smallest absolute Gasteiger partial charge is 0.147 e. The van der Waals surface area contributed by atoms with Gasteiger partial charge in [-0.05, 0) is 33.6 Å². The summed E-state index contributed by atoms with van der Waals surface area (Å²) in [6.45, 7) is 6.22. The zero-order valence-electron chi connectivity index (χ0n) is 10.2. The van der Waals surface area contributed by atoms with Crippen LogP contribution in [0.1, 0.15) is 59.3 Å². The molecule has 1 saturated carbocycles. The highest BCUT2D eigenvalue weighted by molar-refractivity contribution is 5.83. The molecule has 1 aliphatic rings. The van der Waals surface area contributed by atoms with Gasteiger partial charge < -0.3 is 0 Å². The number of hydrogen-bond acceptors (Lipinski definition) is 1. The van der Waals surface area contributed by atoms with Gasteiger partial charge in [-0.2, -0.15) is 0 Å². The molecule has 0 heterocycles. The molecular weight excluding hydrogens is 184 g/mol. The molecule has 0 saturated heterocycles. The number of ketones is 1. The van der Waals surface area contributed by atoms with Gasteiger partial charge in [-0.15, -0.1) is 0 Å². The molecule has 0 aromatic carbocycles. The van der Waals surface area contributed by atoms with Crippen molar-refractivity contribution in [1.29, 1.82) is 0 Å². The lowest BCUT2D eigenvalue weighted by molar-refractivity contribution is -0.122. The van der Waals surface area contributed by atoms with E-state index in [1.54, 1.807) is 0 Å². The second kappa shape index (κ2) is 5.35. The van der Waals surface area contributed by atoms with Gasteiger partial charge in [-0.1, -0.05) is 31.1 Å². The summed E-state index contributed by atoms with van der Waals surface area (Å²) in [6.07, 6.45) is 6.40. The van der Waals surface area contributed by atoms with Crippen LogP contribution in [0.4, 0.5) is 0 Å². The quantitative estimate of drug-likeness (QED) is 0.631. The summed E-state index contributed by atoms with van der Waals surface area (Å²) in [5.74, 6) is 6.82. The van der Waals surface area contributed by atoms with E-state index in [9.17, 15) is 4.79 Å². The molecule has 1 fully saturated rings. The van der Waals surface area contributed by atoms with Crippen LogP contribution in [0.2, 0.25) is 0 Å². The third kappa shape index (κ3) is 5.02. The van der Waals surface area contributed by atoms with Crippen molar-refractivity contribution in [3.63, 3.8) is 0 Å². The van der Waals surface area contributed by atoms with Crippen molar-refractivity contribution in [3.8, 4) is 11.8 Å². The fourth-order valence-electron chi connectivity index (χ4n) is 1.97. The third-order valence-corrected chi connectivity index (χ3v) is 2.79. The maximum Gasteiger partial charge on any atom is 0.147 e. The van der Waals surface area contributed by atoms with E-state index in [1.165, 1.54) is 19.3 Å². The molecule has 1 heteroatoms. The van der Waals surface area contributed by atoms with Crippen LogP contribution < -0.4 is 0 Å². The molecule has 1 aliphatic carbocycles. The average molecular weight is 206 g/mol. The topological polar surface area (TPSA) is 17.1 Å². The van der Waals surface area contributed by atoms with Gasteiger partial charge in [0.25, 0.3) is 0 Å². The van der Waals surface area contributed by atoms with E-state index in [4.69, 9.17) is 0 Å². The maximum atomic E-state index is 11.8. The molecule has 1 rings (SSSR count). The van der Waals surface area contributed by atoms with E-state index in [2.05, 4.69) is 32.6 Å². The van der Waals surface area contributed by atoms with E-state index in [0.29, 0.717) is 18.1 Å².